The zero-order valence-electron chi connectivity index (χ0n) is 10.9. The standard InChI is InChI=1S/C15H20N2O/c1-2-9-17(13-5-6-13)15(18)12-4-3-11-7-8-16-14(11)10-12/h3-4,10,13,16H,2,5-9H2,1H3. The summed E-state index contributed by atoms with van der Waals surface area (Å²) in [5.41, 5.74) is 3.32. The molecule has 1 fully saturated rings. The summed E-state index contributed by atoms with van der Waals surface area (Å²) in [6.07, 6.45) is 4.46. The highest BCUT2D eigenvalue weighted by Crippen LogP contribution is 2.30. The summed E-state index contributed by atoms with van der Waals surface area (Å²) in [5.74, 6) is 0.204. The van der Waals surface area contributed by atoms with Gasteiger partial charge in [-0.25, -0.2) is 0 Å². The van der Waals surface area contributed by atoms with Gasteiger partial charge < -0.3 is 10.2 Å². The average Bonchev–Trinajstić information content (AvgIpc) is 3.12. The highest BCUT2D eigenvalue weighted by atomic mass is 16.2. The Bertz CT molecular complexity index is 466. The Morgan fingerprint density at radius 3 is 3.00 bits per heavy atom. The fourth-order valence-electron chi connectivity index (χ4n) is 2.67. The van der Waals surface area contributed by atoms with E-state index < -0.39 is 0 Å². The molecule has 0 aromatic heterocycles. The molecule has 2 aliphatic rings. The van der Waals surface area contributed by atoms with Crippen LogP contribution in [0.5, 0.6) is 0 Å². The van der Waals surface area contributed by atoms with E-state index in [1.54, 1.807) is 0 Å². The normalized spacial score (nSPS) is 17.2. The maximum Gasteiger partial charge on any atom is 0.254 e. The molecule has 0 atom stereocenters. The monoisotopic (exact) mass is 244 g/mol. The quantitative estimate of drug-likeness (QED) is 0.883. The third-order valence-corrected chi connectivity index (χ3v) is 3.78. The highest BCUT2D eigenvalue weighted by Gasteiger charge is 2.32. The van der Waals surface area contributed by atoms with Gasteiger partial charge in [0.2, 0.25) is 0 Å². The molecule has 18 heavy (non-hydrogen) atoms. The Kier molecular flexibility index (Phi) is 2.98. The van der Waals surface area contributed by atoms with Gasteiger partial charge >= 0.3 is 0 Å². The minimum atomic E-state index is 0.204. The van der Waals surface area contributed by atoms with Gasteiger partial charge in [-0.2, -0.15) is 0 Å². The Balaban J connectivity index is 1.82. The minimum absolute atomic E-state index is 0.204. The highest BCUT2D eigenvalue weighted by molar-refractivity contribution is 5.96. The fraction of sp³-hybridized carbons (Fsp3) is 0.533. The zero-order chi connectivity index (χ0) is 12.5. The molecule has 1 aromatic rings. The summed E-state index contributed by atoms with van der Waals surface area (Å²) >= 11 is 0. The molecular formula is C15H20N2O. The van der Waals surface area contributed by atoms with Gasteiger partial charge in [0.25, 0.3) is 5.91 Å². The predicted octanol–water partition coefficient (Wildman–Crippen LogP) is 2.67. The van der Waals surface area contributed by atoms with Crippen molar-refractivity contribution < 1.29 is 4.79 Å². The largest absolute Gasteiger partial charge is 0.384 e. The number of anilines is 1. The second-order valence-electron chi connectivity index (χ2n) is 5.28. The number of nitrogens with one attached hydrogen (secondary N) is 1. The van der Waals surface area contributed by atoms with Crippen LogP contribution in [0.4, 0.5) is 5.69 Å². The lowest BCUT2D eigenvalue weighted by molar-refractivity contribution is 0.0743. The van der Waals surface area contributed by atoms with Crippen LogP contribution < -0.4 is 5.32 Å². The number of fused-ring (bicyclic) bond motifs is 1. The molecule has 1 aliphatic heterocycles. The summed E-state index contributed by atoms with van der Waals surface area (Å²) in [7, 11) is 0. The van der Waals surface area contributed by atoms with Crippen molar-refractivity contribution in [3.05, 3.63) is 29.3 Å². The molecule has 0 saturated heterocycles. The van der Waals surface area contributed by atoms with E-state index in [0.717, 1.165) is 37.2 Å². The van der Waals surface area contributed by atoms with Crippen molar-refractivity contribution in [2.75, 3.05) is 18.4 Å². The number of amides is 1. The van der Waals surface area contributed by atoms with Crippen LogP contribution in [0.15, 0.2) is 18.2 Å². The minimum Gasteiger partial charge on any atom is -0.384 e. The molecule has 1 saturated carbocycles. The molecule has 1 N–H and O–H groups in total. The molecule has 0 bridgehead atoms. The summed E-state index contributed by atoms with van der Waals surface area (Å²) in [4.78, 5) is 14.6. The van der Waals surface area contributed by atoms with Crippen molar-refractivity contribution in [2.45, 2.75) is 38.6 Å². The van der Waals surface area contributed by atoms with E-state index >= 15 is 0 Å². The maximum atomic E-state index is 12.5. The summed E-state index contributed by atoms with van der Waals surface area (Å²) in [5, 5.41) is 3.34. The van der Waals surface area contributed by atoms with Gasteiger partial charge in [0.1, 0.15) is 0 Å². The lowest BCUT2D eigenvalue weighted by Gasteiger charge is -2.22. The van der Waals surface area contributed by atoms with Gasteiger partial charge in [-0.1, -0.05) is 13.0 Å². The van der Waals surface area contributed by atoms with Crippen molar-refractivity contribution in [3.63, 3.8) is 0 Å². The van der Waals surface area contributed by atoms with Crippen LogP contribution in [0.25, 0.3) is 0 Å². The molecule has 3 rings (SSSR count). The third kappa shape index (κ3) is 2.09. The van der Waals surface area contributed by atoms with Gasteiger partial charge in [-0.05, 0) is 43.4 Å². The zero-order valence-corrected chi connectivity index (χ0v) is 10.9. The SMILES string of the molecule is CCCN(C(=O)c1ccc2c(c1)NCC2)C1CC1. The molecule has 1 heterocycles. The van der Waals surface area contributed by atoms with Crippen LogP contribution in [0, 0.1) is 0 Å². The molecule has 1 aliphatic carbocycles. The number of nitrogens with zero attached hydrogens (tertiary/aromatic N) is 1. The third-order valence-electron chi connectivity index (χ3n) is 3.78. The van der Waals surface area contributed by atoms with Crippen LogP contribution in [-0.4, -0.2) is 29.9 Å². The lowest BCUT2D eigenvalue weighted by Crippen LogP contribution is -2.33. The van der Waals surface area contributed by atoms with Crippen molar-refractivity contribution in [1.82, 2.24) is 4.90 Å². The van der Waals surface area contributed by atoms with Gasteiger partial charge in [0, 0.05) is 30.4 Å². The number of hydrogen-bond acceptors (Lipinski definition) is 2. The number of hydrogen-bond donors (Lipinski definition) is 1. The van der Waals surface area contributed by atoms with E-state index in [-0.39, 0.29) is 5.91 Å². The summed E-state index contributed by atoms with van der Waals surface area (Å²) in [6.45, 7) is 4.01. The van der Waals surface area contributed by atoms with Crippen LogP contribution in [0.3, 0.4) is 0 Å². The molecule has 96 valence electrons. The number of rotatable bonds is 4. The fourth-order valence-corrected chi connectivity index (χ4v) is 2.67. The maximum absolute atomic E-state index is 12.5. The van der Waals surface area contributed by atoms with Crippen molar-refractivity contribution in [2.24, 2.45) is 0 Å². The predicted molar refractivity (Wildman–Crippen MR) is 73.0 cm³/mol. The molecule has 1 amide bonds. The van der Waals surface area contributed by atoms with Gasteiger partial charge in [0.05, 0.1) is 0 Å². The molecule has 0 radical (unpaired) electrons. The Morgan fingerprint density at radius 2 is 2.28 bits per heavy atom. The molecule has 3 nitrogen and oxygen atoms in total. The smallest absolute Gasteiger partial charge is 0.254 e. The van der Waals surface area contributed by atoms with Crippen molar-refractivity contribution >= 4 is 11.6 Å². The number of carbonyl (C=O) groups is 1. The van der Waals surface area contributed by atoms with Gasteiger partial charge in [-0.15, -0.1) is 0 Å². The molecule has 3 heteroatoms. The van der Waals surface area contributed by atoms with Crippen LogP contribution >= 0.6 is 0 Å². The molecule has 0 unspecified atom stereocenters. The van der Waals surface area contributed by atoms with E-state index in [1.165, 1.54) is 18.4 Å². The van der Waals surface area contributed by atoms with Crippen LogP contribution in [-0.2, 0) is 6.42 Å². The van der Waals surface area contributed by atoms with Crippen molar-refractivity contribution in [3.8, 4) is 0 Å². The van der Waals surface area contributed by atoms with E-state index in [2.05, 4.69) is 23.2 Å². The van der Waals surface area contributed by atoms with E-state index in [4.69, 9.17) is 0 Å². The van der Waals surface area contributed by atoms with E-state index in [1.807, 2.05) is 12.1 Å². The summed E-state index contributed by atoms with van der Waals surface area (Å²) < 4.78 is 0. The van der Waals surface area contributed by atoms with Gasteiger partial charge in [-0.3, -0.25) is 4.79 Å². The number of benzene rings is 1. The first-order chi connectivity index (χ1) is 8.79. The molecule has 0 spiro atoms. The van der Waals surface area contributed by atoms with E-state index in [0.29, 0.717) is 6.04 Å². The van der Waals surface area contributed by atoms with Crippen molar-refractivity contribution in [1.29, 1.82) is 0 Å². The topological polar surface area (TPSA) is 32.3 Å². The molecular weight excluding hydrogens is 224 g/mol. The van der Waals surface area contributed by atoms with Gasteiger partial charge in [0.15, 0.2) is 0 Å². The Labute approximate surface area is 108 Å². The van der Waals surface area contributed by atoms with Crippen LogP contribution in [0.1, 0.15) is 42.1 Å². The summed E-state index contributed by atoms with van der Waals surface area (Å²) in [6, 6.07) is 6.60. The Hall–Kier alpha value is -1.51. The second-order valence-corrected chi connectivity index (χ2v) is 5.28. The Morgan fingerprint density at radius 1 is 1.44 bits per heavy atom. The first-order valence-electron chi connectivity index (χ1n) is 6.97. The first kappa shape index (κ1) is 11.6. The van der Waals surface area contributed by atoms with E-state index in [9.17, 15) is 4.79 Å². The number of carbonyl (C=O) groups excluding carboxylic acids is 1. The lowest BCUT2D eigenvalue weighted by atomic mass is 10.1. The van der Waals surface area contributed by atoms with Crippen LogP contribution in [0.2, 0.25) is 0 Å². The average molecular weight is 244 g/mol. The molecule has 1 aromatic carbocycles. The first-order valence-corrected chi connectivity index (χ1v) is 6.97. The second kappa shape index (κ2) is 4.63.